The van der Waals surface area contributed by atoms with E-state index in [-0.39, 0.29) is 18.9 Å². The summed E-state index contributed by atoms with van der Waals surface area (Å²) < 4.78 is 50.0. The molecule has 0 bridgehead atoms. The molecule has 0 amide bonds. The van der Waals surface area contributed by atoms with Gasteiger partial charge in [0.1, 0.15) is 5.76 Å². The van der Waals surface area contributed by atoms with Crippen molar-refractivity contribution in [1.29, 1.82) is 0 Å². The largest absolute Gasteiger partial charge is 0.469 e. The van der Waals surface area contributed by atoms with Crippen LogP contribution < -0.4 is 10.6 Å². The zero-order valence-corrected chi connectivity index (χ0v) is 16.7. The van der Waals surface area contributed by atoms with Gasteiger partial charge in [-0.15, -0.1) is 0 Å². The number of guanidine groups is 1. The van der Waals surface area contributed by atoms with Crippen molar-refractivity contribution in [2.75, 3.05) is 45.9 Å². The minimum absolute atomic E-state index is 0.103. The second-order valence-corrected chi connectivity index (χ2v) is 7.69. The highest BCUT2D eigenvalue weighted by Gasteiger charge is 2.42. The topological polar surface area (TPSA) is 62.0 Å². The highest BCUT2D eigenvalue weighted by molar-refractivity contribution is 5.80. The van der Waals surface area contributed by atoms with E-state index in [1.165, 1.54) is 0 Å². The van der Waals surface area contributed by atoms with E-state index in [1.807, 2.05) is 12.1 Å². The number of nitrogens with one attached hydrogen (secondary N) is 2. The monoisotopic (exact) mass is 416 g/mol. The molecule has 1 aromatic heterocycles. The summed E-state index contributed by atoms with van der Waals surface area (Å²) in [6, 6.07) is 3.53. The number of halogens is 3. The lowest BCUT2D eigenvalue weighted by molar-refractivity contribution is -0.183. The lowest BCUT2D eigenvalue weighted by Crippen LogP contribution is -2.47. The molecular weight excluding hydrogens is 385 g/mol. The summed E-state index contributed by atoms with van der Waals surface area (Å²) >= 11 is 0. The van der Waals surface area contributed by atoms with Crippen LogP contribution in [0, 0.1) is 5.92 Å². The van der Waals surface area contributed by atoms with Crippen LogP contribution in [0.2, 0.25) is 0 Å². The van der Waals surface area contributed by atoms with E-state index >= 15 is 0 Å². The van der Waals surface area contributed by atoms with Crippen molar-refractivity contribution in [2.45, 2.75) is 44.3 Å². The van der Waals surface area contributed by atoms with Crippen molar-refractivity contribution in [2.24, 2.45) is 10.9 Å². The van der Waals surface area contributed by atoms with Crippen LogP contribution in [0.3, 0.4) is 0 Å². The third-order valence-electron chi connectivity index (χ3n) is 5.51. The molecule has 2 fully saturated rings. The zero-order valence-electron chi connectivity index (χ0n) is 16.7. The predicted molar refractivity (Wildman–Crippen MR) is 105 cm³/mol. The van der Waals surface area contributed by atoms with E-state index in [2.05, 4.69) is 20.5 Å². The van der Waals surface area contributed by atoms with Crippen LogP contribution in [0.25, 0.3) is 0 Å². The van der Waals surface area contributed by atoms with Gasteiger partial charge in [-0.2, -0.15) is 13.2 Å². The molecular formula is C20H31F3N4O2. The Morgan fingerprint density at radius 3 is 2.79 bits per heavy atom. The Hall–Kier alpha value is -1.74. The molecule has 0 aromatic carbocycles. The van der Waals surface area contributed by atoms with Crippen LogP contribution in [0.1, 0.15) is 31.4 Å². The summed E-state index contributed by atoms with van der Waals surface area (Å²) in [5, 5.41) is 6.49. The quantitative estimate of drug-likeness (QED) is 0.529. The van der Waals surface area contributed by atoms with E-state index < -0.39 is 12.1 Å². The number of hydrogen-bond donors (Lipinski definition) is 2. The summed E-state index contributed by atoms with van der Waals surface area (Å²) in [5.41, 5.74) is 0. The lowest BCUT2D eigenvalue weighted by atomic mass is 9.85. The minimum Gasteiger partial charge on any atom is -0.469 e. The maximum absolute atomic E-state index is 13.1. The van der Waals surface area contributed by atoms with Crippen molar-refractivity contribution in [1.82, 2.24) is 15.5 Å². The van der Waals surface area contributed by atoms with E-state index in [4.69, 9.17) is 9.15 Å². The van der Waals surface area contributed by atoms with Crippen LogP contribution in [0.15, 0.2) is 27.8 Å². The summed E-state index contributed by atoms with van der Waals surface area (Å²) in [5.74, 6) is 0.212. The van der Waals surface area contributed by atoms with Gasteiger partial charge in [0.15, 0.2) is 5.96 Å². The minimum atomic E-state index is -4.12. The van der Waals surface area contributed by atoms with Crippen LogP contribution in [-0.2, 0) is 11.2 Å². The molecule has 0 radical (unpaired) electrons. The molecule has 164 valence electrons. The molecule has 3 rings (SSSR count). The Labute approximate surface area is 169 Å². The van der Waals surface area contributed by atoms with E-state index in [1.54, 1.807) is 6.26 Å². The number of aliphatic imine (C=N–C) groups is 1. The highest BCUT2D eigenvalue weighted by atomic mass is 19.4. The number of nitrogens with zero attached hydrogens (tertiary/aromatic N) is 2. The number of alkyl halides is 3. The molecule has 1 saturated carbocycles. The molecule has 0 spiro atoms. The average molecular weight is 416 g/mol. The first-order valence-electron chi connectivity index (χ1n) is 10.4. The van der Waals surface area contributed by atoms with Crippen molar-refractivity contribution in [3.63, 3.8) is 0 Å². The first-order chi connectivity index (χ1) is 14.0. The Kier molecular flexibility index (Phi) is 8.23. The third kappa shape index (κ3) is 7.54. The van der Waals surface area contributed by atoms with E-state index in [0.29, 0.717) is 31.9 Å². The molecule has 1 aliphatic heterocycles. The Morgan fingerprint density at radius 1 is 1.24 bits per heavy atom. The smallest absolute Gasteiger partial charge is 0.391 e. The summed E-state index contributed by atoms with van der Waals surface area (Å²) in [6.07, 6.45) is -0.175. The first kappa shape index (κ1) is 22.0. The molecule has 1 aliphatic carbocycles. The van der Waals surface area contributed by atoms with Gasteiger partial charge in [-0.3, -0.25) is 9.89 Å². The number of morpholine rings is 1. The van der Waals surface area contributed by atoms with Gasteiger partial charge in [-0.05, 0) is 31.4 Å². The number of furan rings is 1. The van der Waals surface area contributed by atoms with Crippen LogP contribution in [0.4, 0.5) is 13.2 Å². The molecule has 2 atom stereocenters. The Morgan fingerprint density at radius 2 is 2.07 bits per heavy atom. The molecule has 6 nitrogen and oxygen atoms in total. The van der Waals surface area contributed by atoms with Gasteiger partial charge in [-0.25, -0.2) is 0 Å². The average Bonchev–Trinajstić information content (AvgIpc) is 3.22. The molecule has 2 unspecified atom stereocenters. The molecule has 2 aliphatic rings. The normalized spacial score (nSPS) is 24.4. The van der Waals surface area contributed by atoms with Gasteiger partial charge in [0.25, 0.3) is 0 Å². The SMILES string of the molecule is FC(F)(F)C1CCCC(NC(=NCCN2CCOCC2)NCCc2ccco2)C1. The molecule has 2 heterocycles. The van der Waals surface area contributed by atoms with Crippen molar-refractivity contribution in [3.8, 4) is 0 Å². The van der Waals surface area contributed by atoms with Crippen LogP contribution >= 0.6 is 0 Å². The second-order valence-electron chi connectivity index (χ2n) is 7.69. The van der Waals surface area contributed by atoms with Gasteiger partial charge in [0.2, 0.25) is 0 Å². The molecule has 2 N–H and O–H groups in total. The molecule has 1 aromatic rings. The molecule has 1 saturated heterocycles. The fraction of sp³-hybridized carbons (Fsp3) is 0.750. The maximum atomic E-state index is 13.1. The van der Waals surface area contributed by atoms with E-state index in [0.717, 1.165) is 45.0 Å². The van der Waals surface area contributed by atoms with Gasteiger partial charge in [0, 0.05) is 38.6 Å². The predicted octanol–water partition coefficient (Wildman–Crippen LogP) is 2.81. The number of hydrogen-bond acceptors (Lipinski definition) is 4. The van der Waals surface area contributed by atoms with Gasteiger partial charge >= 0.3 is 6.18 Å². The Bertz CT molecular complexity index is 616. The second kappa shape index (κ2) is 10.9. The number of ether oxygens (including phenoxy) is 1. The summed E-state index contributed by atoms with van der Waals surface area (Å²) in [4.78, 5) is 6.90. The third-order valence-corrected chi connectivity index (χ3v) is 5.51. The lowest BCUT2D eigenvalue weighted by Gasteiger charge is -2.32. The van der Waals surface area contributed by atoms with Crippen molar-refractivity contribution < 1.29 is 22.3 Å². The van der Waals surface area contributed by atoms with Crippen molar-refractivity contribution >= 4 is 5.96 Å². The van der Waals surface area contributed by atoms with E-state index in [9.17, 15) is 13.2 Å². The zero-order chi connectivity index (χ0) is 20.5. The fourth-order valence-electron chi connectivity index (χ4n) is 3.85. The molecule has 29 heavy (non-hydrogen) atoms. The van der Waals surface area contributed by atoms with Crippen LogP contribution in [-0.4, -0.2) is 69.0 Å². The standard InChI is InChI=1S/C20H31F3N4O2/c21-20(22,23)16-3-1-4-17(15-16)26-19(24-7-6-18-5-2-12-29-18)25-8-9-27-10-13-28-14-11-27/h2,5,12,16-17H,1,3-4,6-11,13-15H2,(H2,24,25,26). The maximum Gasteiger partial charge on any atom is 0.391 e. The fourth-order valence-corrected chi connectivity index (χ4v) is 3.85. The summed E-state index contributed by atoms with van der Waals surface area (Å²) in [6.45, 7) is 5.25. The Balaban J connectivity index is 1.52. The van der Waals surface area contributed by atoms with Gasteiger partial charge < -0.3 is 19.8 Å². The summed E-state index contributed by atoms with van der Waals surface area (Å²) in [7, 11) is 0. The van der Waals surface area contributed by atoms with Gasteiger partial charge in [-0.1, -0.05) is 6.42 Å². The van der Waals surface area contributed by atoms with Gasteiger partial charge in [0.05, 0.1) is 31.9 Å². The molecule has 9 heteroatoms. The first-order valence-corrected chi connectivity index (χ1v) is 10.4. The van der Waals surface area contributed by atoms with Crippen molar-refractivity contribution in [3.05, 3.63) is 24.2 Å². The highest BCUT2D eigenvalue weighted by Crippen LogP contribution is 2.37. The number of rotatable bonds is 7. The van der Waals surface area contributed by atoms with Crippen LogP contribution in [0.5, 0.6) is 0 Å².